The van der Waals surface area contributed by atoms with E-state index in [1.807, 2.05) is 18.2 Å². The van der Waals surface area contributed by atoms with E-state index in [-0.39, 0.29) is 5.66 Å². The zero-order chi connectivity index (χ0) is 18.7. The van der Waals surface area contributed by atoms with E-state index in [4.69, 9.17) is 0 Å². The minimum atomic E-state index is -2.40. The Hall–Kier alpha value is -0.320. The van der Waals surface area contributed by atoms with Crippen molar-refractivity contribution in [2.75, 3.05) is 12.3 Å². The molecule has 1 aliphatic heterocycles. The molecule has 2 nitrogen and oxygen atoms in total. The average Bonchev–Trinajstić information content (AvgIpc) is 3.11. The van der Waals surface area contributed by atoms with Gasteiger partial charge in [0.25, 0.3) is 0 Å². The van der Waals surface area contributed by atoms with Gasteiger partial charge < -0.3 is 9.13 Å². The van der Waals surface area contributed by atoms with E-state index in [0.717, 1.165) is 56.2 Å². The Morgan fingerprint density at radius 2 is 1.33 bits per heavy atom. The lowest BCUT2D eigenvalue weighted by Gasteiger charge is -2.40. The fraction of sp³-hybridized carbons (Fsp3) is 0.739. The molecule has 0 radical (unpaired) electrons. The number of hydrogen-bond donors (Lipinski definition) is 0. The Labute approximate surface area is 165 Å². The van der Waals surface area contributed by atoms with Crippen molar-refractivity contribution < 1.29 is 9.13 Å². The van der Waals surface area contributed by atoms with Gasteiger partial charge in [0.15, 0.2) is 0 Å². The molecule has 3 aliphatic rings. The molecule has 0 spiro atoms. The van der Waals surface area contributed by atoms with Crippen molar-refractivity contribution in [3.8, 4) is 0 Å². The van der Waals surface area contributed by atoms with Crippen LogP contribution in [-0.2, 0) is 9.13 Å². The van der Waals surface area contributed by atoms with Gasteiger partial charge in [0, 0.05) is 34.6 Å². The molecular weight excluding hydrogens is 370 g/mol. The van der Waals surface area contributed by atoms with Crippen LogP contribution < -0.4 is 5.30 Å². The minimum absolute atomic E-state index is 0.176. The number of hydrogen-bond acceptors (Lipinski definition) is 2. The van der Waals surface area contributed by atoms with Gasteiger partial charge in [-0.05, 0) is 38.5 Å². The van der Waals surface area contributed by atoms with Crippen LogP contribution in [0.15, 0.2) is 30.3 Å². The highest BCUT2D eigenvalue weighted by Crippen LogP contribution is 2.68. The molecule has 1 aromatic rings. The van der Waals surface area contributed by atoms with E-state index in [1.54, 1.807) is 0 Å². The third-order valence-corrected chi connectivity index (χ3v) is 16.3. The molecule has 0 N–H and O–H groups in total. The Kier molecular flexibility index (Phi) is 6.35. The molecule has 0 unspecified atom stereocenters. The molecule has 4 heteroatoms. The third-order valence-electron chi connectivity index (χ3n) is 7.69. The molecule has 3 fully saturated rings. The van der Waals surface area contributed by atoms with E-state index in [1.165, 1.54) is 38.5 Å². The highest BCUT2D eigenvalue weighted by Gasteiger charge is 2.48. The van der Waals surface area contributed by atoms with Gasteiger partial charge in [-0.3, -0.25) is 0 Å². The molecule has 0 aromatic heterocycles. The van der Waals surface area contributed by atoms with Gasteiger partial charge in [-0.2, -0.15) is 0 Å². The van der Waals surface area contributed by atoms with E-state index < -0.39 is 14.3 Å². The van der Waals surface area contributed by atoms with Crippen LogP contribution in [-0.4, -0.2) is 29.3 Å². The van der Waals surface area contributed by atoms with Gasteiger partial charge in [-0.1, -0.05) is 68.9 Å². The first kappa shape index (κ1) is 20.0. The average molecular weight is 406 g/mol. The van der Waals surface area contributed by atoms with Crippen molar-refractivity contribution in [1.29, 1.82) is 0 Å². The molecule has 150 valence electrons. The van der Waals surface area contributed by atoms with Crippen LogP contribution in [0.4, 0.5) is 0 Å². The second-order valence-electron chi connectivity index (χ2n) is 9.27. The van der Waals surface area contributed by atoms with E-state index >= 15 is 0 Å². The van der Waals surface area contributed by atoms with Gasteiger partial charge >= 0.3 is 0 Å². The summed E-state index contributed by atoms with van der Waals surface area (Å²) in [5.74, 6) is 0. The second-order valence-corrected chi connectivity index (χ2v) is 16.1. The van der Waals surface area contributed by atoms with Crippen molar-refractivity contribution in [1.82, 2.24) is 0 Å². The Morgan fingerprint density at radius 3 is 1.89 bits per heavy atom. The second kappa shape index (κ2) is 8.59. The highest BCUT2D eigenvalue weighted by atomic mass is 31.2. The summed E-state index contributed by atoms with van der Waals surface area (Å²) in [6, 6.07) is 10.2. The van der Waals surface area contributed by atoms with E-state index in [0.29, 0.717) is 11.3 Å². The molecule has 2 aliphatic carbocycles. The number of benzene rings is 1. The zero-order valence-electron chi connectivity index (χ0n) is 16.7. The highest BCUT2D eigenvalue weighted by molar-refractivity contribution is 7.74. The topological polar surface area (TPSA) is 34.1 Å². The van der Waals surface area contributed by atoms with Gasteiger partial charge in [0.05, 0.1) is 7.14 Å². The molecule has 1 heterocycles. The molecule has 2 atom stereocenters. The summed E-state index contributed by atoms with van der Waals surface area (Å²) in [4.78, 5) is 0. The van der Waals surface area contributed by atoms with Gasteiger partial charge in [-0.15, -0.1) is 0 Å². The molecule has 1 aromatic carbocycles. The molecule has 1 saturated heterocycles. The summed E-state index contributed by atoms with van der Waals surface area (Å²) in [6.45, 7) is 0. The smallest absolute Gasteiger partial charge is 0.119 e. The van der Waals surface area contributed by atoms with Crippen LogP contribution in [0.25, 0.3) is 0 Å². The predicted molar refractivity (Wildman–Crippen MR) is 118 cm³/mol. The van der Waals surface area contributed by atoms with Crippen LogP contribution >= 0.6 is 14.3 Å². The van der Waals surface area contributed by atoms with E-state index in [9.17, 15) is 9.13 Å². The Bertz CT molecular complexity index is 680. The summed E-state index contributed by atoms with van der Waals surface area (Å²) >= 11 is 0. The standard InChI is InChI=1S/C23H36O2P2/c24-26(20-11-4-1-5-12-20)18-10-17-23(26)19-27(25,21-13-6-2-7-14-21)22-15-8-3-9-16-22/h1,4-5,11-12,21-23H,2-3,6-10,13-19H2/t23-,26-/m0/s1. The first-order valence-corrected chi connectivity index (χ1v) is 15.3. The van der Waals surface area contributed by atoms with Gasteiger partial charge in [-0.25, -0.2) is 0 Å². The molecule has 0 amide bonds. The zero-order valence-corrected chi connectivity index (χ0v) is 18.5. The monoisotopic (exact) mass is 406 g/mol. The van der Waals surface area contributed by atoms with Crippen LogP contribution in [0.2, 0.25) is 0 Å². The van der Waals surface area contributed by atoms with Crippen molar-refractivity contribution in [2.45, 2.75) is 94.0 Å². The molecule has 2 saturated carbocycles. The number of rotatable bonds is 5. The summed E-state index contributed by atoms with van der Waals surface area (Å²) in [6.07, 6.45) is 16.0. The lowest BCUT2D eigenvalue weighted by atomic mass is 9.99. The Balaban J connectivity index is 1.62. The summed E-state index contributed by atoms with van der Waals surface area (Å²) in [5.41, 5.74) is 1.04. The predicted octanol–water partition coefficient (Wildman–Crippen LogP) is 6.87. The van der Waals surface area contributed by atoms with Gasteiger partial charge in [0.1, 0.15) is 7.14 Å². The summed E-state index contributed by atoms with van der Waals surface area (Å²) < 4.78 is 28.7. The molecular formula is C23H36O2P2. The lowest BCUT2D eigenvalue weighted by molar-refractivity contribution is 0.446. The van der Waals surface area contributed by atoms with Gasteiger partial charge in [0.2, 0.25) is 0 Å². The quantitative estimate of drug-likeness (QED) is 0.500. The summed E-state index contributed by atoms with van der Waals surface area (Å²) in [5, 5.41) is 1.05. The van der Waals surface area contributed by atoms with Crippen molar-refractivity contribution in [3.63, 3.8) is 0 Å². The Morgan fingerprint density at radius 1 is 0.778 bits per heavy atom. The van der Waals surface area contributed by atoms with Crippen LogP contribution in [0.1, 0.15) is 77.0 Å². The third kappa shape index (κ3) is 4.04. The molecule has 27 heavy (non-hydrogen) atoms. The maximum Gasteiger partial charge on any atom is 0.119 e. The van der Waals surface area contributed by atoms with Crippen molar-refractivity contribution in [3.05, 3.63) is 30.3 Å². The minimum Gasteiger partial charge on any atom is -0.323 e. The van der Waals surface area contributed by atoms with Crippen LogP contribution in [0, 0.1) is 0 Å². The summed E-state index contributed by atoms with van der Waals surface area (Å²) in [7, 11) is -4.70. The largest absolute Gasteiger partial charge is 0.323 e. The fourth-order valence-corrected chi connectivity index (χ4v) is 15.5. The van der Waals surface area contributed by atoms with E-state index in [2.05, 4.69) is 12.1 Å². The maximum atomic E-state index is 14.7. The maximum absolute atomic E-state index is 14.7. The SMILES string of the molecule is O=P(C[C@@H]1CCC[P@]1(=O)c1ccccc1)(C1CCCCC1)C1CCCCC1. The lowest BCUT2D eigenvalue weighted by Crippen LogP contribution is -2.29. The first-order chi connectivity index (χ1) is 13.1. The fourth-order valence-electron chi connectivity index (χ4n) is 6.16. The van der Waals surface area contributed by atoms with Crippen molar-refractivity contribution in [2.24, 2.45) is 0 Å². The molecule has 4 rings (SSSR count). The van der Waals surface area contributed by atoms with Crippen molar-refractivity contribution >= 4 is 19.6 Å². The molecule has 0 bridgehead atoms. The van der Waals surface area contributed by atoms with Crippen LogP contribution in [0.3, 0.4) is 0 Å². The first-order valence-electron chi connectivity index (χ1n) is 11.4. The van der Waals surface area contributed by atoms with Crippen LogP contribution in [0.5, 0.6) is 0 Å². The normalized spacial score (nSPS) is 31.2.